The minimum atomic E-state index is -4.14. The van der Waals surface area contributed by atoms with E-state index < -0.39 is 12.7 Å². The fourth-order valence-corrected chi connectivity index (χ4v) is 3.24. The minimum absolute atomic E-state index is 0.109. The molecule has 0 heterocycles. The Hall–Kier alpha value is -0.290. The highest BCUT2D eigenvalue weighted by Gasteiger charge is 2.39. The van der Waals surface area contributed by atoms with Gasteiger partial charge in [0.05, 0.1) is 6.54 Å². The zero-order valence-electron chi connectivity index (χ0n) is 12.3. The lowest BCUT2D eigenvalue weighted by atomic mass is 9.69. The molecule has 0 radical (unpaired) electrons. The quantitative estimate of drug-likeness (QED) is 0.836. The molecule has 1 rings (SSSR count). The van der Waals surface area contributed by atoms with E-state index in [0.717, 1.165) is 19.3 Å². The summed E-state index contributed by atoms with van der Waals surface area (Å²) >= 11 is 0. The second-order valence-corrected chi connectivity index (χ2v) is 6.52. The van der Waals surface area contributed by atoms with Gasteiger partial charge in [-0.15, -0.1) is 0 Å². The van der Waals surface area contributed by atoms with Crippen LogP contribution in [0.1, 0.15) is 46.5 Å². The van der Waals surface area contributed by atoms with Gasteiger partial charge in [-0.3, -0.25) is 4.90 Å². The Bertz CT molecular complexity index is 278. The van der Waals surface area contributed by atoms with Crippen molar-refractivity contribution in [1.82, 2.24) is 4.90 Å². The van der Waals surface area contributed by atoms with E-state index in [-0.39, 0.29) is 11.5 Å². The van der Waals surface area contributed by atoms with E-state index in [2.05, 4.69) is 6.92 Å². The van der Waals surface area contributed by atoms with Crippen LogP contribution in [-0.2, 0) is 0 Å². The standard InChI is InChI=1S/C14H27F3N2/c1-11(2)19(10-14(15,16)17)9-13(8-18)6-4-5-12(3)7-13/h11-12H,4-10,18H2,1-3H3. The number of nitrogens with zero attached hydrogens (tertiary/aromatic N) is 1. The lowest BCUT2D eigenvalue weighted by molar-refractivity contribution is -0.154. The molecule has 1 saturated carbocycles. The molecule has 2 nitrogen and oxygen atoms in total. The topological polar surface area (TPSA) is 29.3 Å². The number of hydrogen-bond acceptors (Lipinski definition) is 2. The number of alkyl halides is 3. The first-order chi connectivity index (χ1) is 8.67. The summed E-state index contributed by atoms with van der Waals surface area (Å²) in [6.45, 7) is 5.93. The van der Waals surface area contributed by atoms with Gasteiger partial charge in [0.25, 0.3) is 0 Å². The lowest BCUT2D eigenvalue weighted by Crippen LogP contribution is -2.50. The van der Waals surface area contributed by atoms with Gasteiger partial charge in [-0.1, -0.05) is 19.8 Å². The van der Waals surface area contributed by atoms with Crippen LogP contribution in [0.2, 0.25) is 0 Å². The molecule has 0 bridgehead atoms. The molecule has 114 valence electrons. The van der Waals surface area contributed by atoms with Crippen LogP contribution < -0.4 is 5.73 Å². The summed E-state index contributed by atoms with van der Waals surface area (Å²) < 4.78 is 38.0. The number of rotatable bonds is 5. The number of hydrogen-bond donors (Lipinski definition) is 1. The van der Waals surface area contributed by atoms with Crippen molar-refractivity contribution in [2.24, 2.45) is 17.1 Å². The van der Waals surface area contributed by atoms with Crippen LogP contribution in [0, 0.1) is 11.3 Å². The van der Waals surface area contributed by atoms with Gasteiger partial charge >= 0.3 is 6.18 Å². The van der Waals surface area contributed by atoms with Crippen molar-refractivity contribution in [2.45, 2.75) is 58.7 Å². The van der Waals surface area contributed by atoms with Gasteiger partial charge in [0.1, 0.15) is 0 Å². The van der Waals surface area contributed by atoms with E-state index in [1.807, 2.05) is 13.8 Å². The molecule has 19 heavy (non-hydrogen) atoms. The second kappa shape index (κ2) is 6.44. The average Bonchev–Trinajstić information content (AvgIpc) is 2.26. The van der Waals surface area contributed by atoms with E-state index in [4.69, 9.17) is 5.73 Å². The van der Waals surface area contributed by atoms with Gasteiger partial charge in [0.2, 0.25) is 0 Å². The third-order valence-corrected chi connectivity index (χ3v) is 4.27. The van der Waals surface area contributed by atoms with Gasteiger partial charge in [0, 0.05) is 12.6 Å². The molecule has 2 atom stereocenters. The molecule has 0 aliphatic heterocycles. The minimum Gasteiger partial charge on any atom is -0.330 e. The largest absolute Gasteiger partial charge is 0.401 e. The van der Waals surface area contributed by atoms with Gasteiger partial charge < -0.3 is 5.73 Å². The zero-order valence-corrected chi connectivity index (χ0v) is 12.3. The van der Waals surface area contributed by atoms with Crippen LogP contribution in [0.4, 0.5) is 13.2 Å². The molecule has 0 aromatic carbocycles. The molecule has 0 amide bonds. The molecule has 2 N–H and O–H groups in total. The predicted molar refractivity (Wildman–Crippen MR) is 71.9 cm³/mol. The molecule has 5 heteroatoms. The monoisotopic (exact) mass is 280 g/mol. The third kappa shape index (κ3) is 5.30. The summed E-state index contributed by atoms with van der Waals surface area (Å²) in [7, 11) is 0. The summed E-state index contributed by atoms with van der Waals surface area (Å²) in [6.07, 6.45) is 0.0128. The van der Waals surface area contributed by atoms with Crippen LogP contribution in [0.3, 0.4) is 0 Å². The summed E-state index contributed by atoms with van der Waals surface area (Å²) in [5.41, 5.74) is 5.77. The summed E-state index contributed by atoms with van der Waals surface area (Å²) in [4.78, 5) is 1.53. The zero-order chi connectivity index (χ0) is 14.7. The predicted octanol–water partition coefficient (Wildman–Crippen LogP) is 3.41. The number of halogens is 3. The Morgan fingerprint density at radius 1 is 1.37 bits per heavy atom. The van der Waals surface area contributed by atoms with E-state index >= 15 is 0 Å². The highest BCUT2D eigenvalue weighted by atomic mass is 19.4. The van der Waals surface area contributed by atoms with Crippen LogP contribution in [0.25, 0.3) is 0 Å². The van der Waals surface area contributed by atoms with Crippen molar-refractivity contribution in [3.63, 3.8) is 0 Å². The molecule has 1 aliphatic carbocycles. The molecule has 0 aromatic rings. The molecule has 0 saturated heterocycles. The van der Waals surface area contributed by atoms with Gasteiger partial charge in [-0.05, 0) is 44.6 Å². The van der Waals surface area contributed by atoms with Crippen LogP contribution in [0.15, 0.2) is 0 Å². The van der Waals surface area contributed by atoms with Crippen LogP contribution in [-0.4, -0.2) is 36.8 Å². The van der Waals surface area contributed by atoms with E-state index in [1.165, 1.54) is 11.3 Å². The Balaban J connectivity index is 2.75. The molecule has 0 aromatic heterocycles. The first kappa shape index (κ1) is 16.8. The molecule has 1 fully saturated rings. The summed E-state index contributed by atoms with van der Waals surface area (Å²) in [5.74, 6) is 0.567. The third-order valence-electron chi connectivity index (χ3n) is 4.27. The smallest absolute Gasteiger partial charge is 0.330 e. The van der Waals surface area contributed by atoms with E-state index in [1.54, 1.807) is 0 Å². The lowest BCUT2D eigenvalue weighted by Gasteiger charge is -2.44. The SMILES string of the molecule is CC1CCCC(CN)(CN(CC(F)(F)F)C(C)C)C1. The average molecular weight is 280 g/mol. The maximum atomic E-state index is 12.7. The maximum Gasteiger partial charge on any atom is 0.401 e. The van der Waals surface area contributed by atoms with Gasteiger partial charge in [-0.2, -0.15) is 13.2 Å². The Morgan fingerprint density at radius 2 is 2.00 bits per heavy atom. The van der Waals surface area contributed by atoms with Gasteiger partial charge in [-0.25, -0.2) is 0 Å². The summed E-state index contributed by atoms with van der Waals surface area (Å²) in [5, 5.41) is 0. The molecular formula is C14H27F3N2. The fourth-order valence-electron chi connectivity index (χ4n) is 3.24. The highest BCUT2D eigenvalue weighted by Crippen LogP contribution is 2.40. The Labute approximate surface area is 114 Å². The second-order valence-electron chi connectivity index (χ2n) is 6.52. The van der Waals surface area contributed by atoms with Crippen molar-refractivity contribution in [3.8, 4) is 0 Å². The molecule has 1 aliphatic rings. The van der Waals surface area contributed by atoms with Crippen molar-refractivity contribution in [2.75, 3.05) is 19.6 Å². The van der Waals surface area contributed by atoms with Crippen molar-refractivity contribution in [3.05, 3.63) is 0 Å². The Morgan fingerprint density at radius 3 is 2.42 bits per heavy atom. The van der Waals surface area contributed by atoms with Crippen LogP contribution >= 0.6 is 0 Å². The molecule has 0 spiro atoms. The highest BCUT2D eigenvalue weighted by molar-refractivity contribution is 4.90. The van der Waals surface area contributed by atoms with Crippen molar-refractivity contribution < 1.29 is 13.2 Å². The first-order valence-corrected chi connectivity index (χ1v) is 7.18. The van der Waals surface area contributed by atoms with Gasteiger partial charge in [0.15, 0.2) is 0 Å². The summed E-state index contributed by atoms with van der Waals surface area (Å²) in [6, 6.07) is -0.109. The Kier molecular flexibility index (Phi) is 5.68. The number of nitrogens with two attached hydrogens (primary N) is 1. The normalized spacial score (nSPS) is 29.2. The molecular weight excluding hydrogens is 253 g/mol. The first-order valence-electron chi connectivity index (χ1n) is 7.18. The molecule has 2 unspecified atom stereocenters. The van der Waals surface area contributed by atoms with E-state index in [9.17, 15) is 13.2 Å². The van der Waals surface area contributed by atoms with Crippen molar-refractivity contribution >= 4 is 0 Å². The van der Waals surface area contributed by atoms with E-state index in [0.29, 0.717) is 19.0 Å². The van der Waals surface area contributed by atoms with Crippen LogP contribution in [0.5, 0.6) is 0 Å². The maximum absolute atomic E-state index is 12.7. The van der Waals surface area contributed by atoms with Crippen molar-refractivity contribution in [1.29, 1.82) is 0 Å². The fraction of sp³-hybridized carbons (Fsp3) is 1.00.